The molecule has 7 nitrogen and oxygen atoms in total. The molecule has 2 heterocycles. The second-order valence-electron chi connectivity index (χ2n) is 6.64. The second kappa shape index (κ2) is 6.26. The van der Waals surface area contributed by atoms with Crippen LogP contribution < -0.4 is 21.5 Å². The van der Waals surface area contributed by atoms with Crippen molar-refractivity contribution in [1.82, 2.24) is 9.55 Å². The van der Waals surface area contributed by atoms with Crippen molar-refractivity contribution in [2.75, 3.05) is 18.5 Å². The van der Waals surface area contributed by atoms with Crippen LogP contribution in [0.4, 0.5) is 11.5 Å². The largest absolute Gasteiger partial charge is 0.450 e. The molecule has 0 saturated heterocycles. The fourth-order valence-corrected chi connectivity index (χ4v) is 2.51. The van der Waals surface area contributed by atoms with Gasteiger partial charge in [-0.05, 0) is 26.8 Å². The van der Waals surface area contributed by atoms with E-state index in [-0.39, 0.29) is 11.2 Å². The van der Waals surface area contributed by atoms with Crippen molar-refractivity contribution < 1.29 is 9.47 Å². The number of ether oxygens (including phenoxy) is 2. The van der Waals surface area contributed by atoms with Gasteiger partial charge in [0.25, 0.3) is 0 Å². The third-order valence-electron chi connectivity index (χ3n) is 3.71. The Morgan fingerprint density at radius 2 is 2.12 bits per heavy atom. The van der Waals surface area contributed by atoms with E-state index in [0.717, 1.165) is 11.3 Å². The summed E-state index contributed by atoms with van der Waals surface area (Å²) in [5.41, 5.74) is 6.44. The molecule has 1 aromatic heterocycles. The van der Waals surface area contributed by atoms with Crippen molar-refractivity contribution in [1.29, 1.82) is 0 Å². The Hall–Kier alpha value is -2.38. The lowest BCUT2D eigenvalue weighted by Crippen LogP contribution is -2.35. The summed E-state index contributed by atoms with van der Waals surface area (Å²) in [5.74, 6) is 1.62. The van der Waals surface area contributed by atoms with Crippen LogP contribution in [-0.2, 0) is 16.9 Å². The normalized spacial score (nSPS) is 12.8. The lowest BCUT2D eigenvalue weighted by molar-refractivity contribution is 0.128. The average molecular weight is 330 g/mol. The molecule has 0 spiro atoms. The Morgan fingerprint density at radius 1 is 1.33 bits per heavy atom. The van der Waals surface area contributed by atoms with Crippen LogP contribution in [0.3, 0.4) is 0 Å². The minimum atomic E-state index is -0.374. The zero-order valence-electron chi connectivity index (χ0n) is 14.1. The molecule has 0 fully saturated rings. The Balaban J connectivity index is 1.96. The second-order valence-corrected chi connectivity index (χ2v) is 6.64. The summed E-state index contributed by atoms with van der Waals surface area (Å²) in [5, 5.41) is 3.19. The summed E-state index contributed by atoms with van der Waals surface area (Å²) in [7, 11) is 0. The van der Waals surface area contributed by atoms with E-state index >= 15 is 0 Å². The van der Waals surface area contributed by atoms with Crippen molar-refractivity contribution in [2.45, 2.75) is 32.9 Å². The maximum absolute atomic E-state index is 12.3. The van der Waals surface area contributed by atoms with Gasteiger partial charge in [0, 0.05) is 17.6 Å². The fraction of sp³-hybridized carbons (Fsp3) is 0.412. The number of rotatable bonds is 4. The molecule has 0 atom stereocenters. The van der Waals surface area contributed by atoms with Crippen LogP contribution in [0.2, 0.25) is 0 Å². The molecule has 0 amide bonds. The van der Waals surface area contributed by atoms with Gasteiger partial charge in [0.1, 0.15) is 0 Å². The van der Waals surface area contributed by atoms with Crippen LogP contribution in [0.15, 0.2) is 29.2 Å². The van der Waals surface area contributed by atoms with E-state index < -0.39 is 0 Å². The zero-order chi connectivity index (χ0) is 17.3. The molecule has 3 rings (SSSR count). The SMILES string of the molecule is CC(C)(C)n1cc2c(nc1=O)Nc1c(COCCN)cccc1O2. The summed E-state index contributed by atoms with van der Waals surface area (Å²) in [6.45, 7) is 7.19. The first kappa shape index (κ1) is 16.5. The fourth-order valence-electron chi connectivity index (χ4n) is 2.51. The quantitative estimate of drug-likeness (QED) is 0.713. The highest BCUT2D eigenvalue weighted by Gasteiger charge is 2.24. The number of fused-ring (bicyclic) bond motifs is 2. The first-order valence-electron chi connectivity index (χ1n) is 7.89. The molecular weight excluding hydrogens is 308 g/mol. The molecule has 1 aliphatic rings. The molecule has 1 aromatic carbocycles. The topological polar surface area (TPSA) is 91.4 Å². The number of nitrogens with zero attached hydrogens (tertiary/aromatic N) is 2. The molecule has 2 aromatic rings. The minimum Gasteiger partial charge on any atom is -0.450 e. The Kier molecular flexibility index (Phi) is 4.29. The third kappa shape index (κ3) is 3.13. The van der Waals surface area contributed by atoms with Gasteiger partial charge in [-0.15, -0.1) is 0 Å². The molecule has 128 valence electrons. The van der Waals surface area contributed by atoms with Gasteiger partial charge in [-0.25, -0.2) is 4.79 Å². The van der Waals surface area contributed by atoms with Crippen LogP contribution in [0.1, 0.15) is 26.3 Å². The number of hydrogen-bond acceptors (Lipinski definition) is 6. The molecule has 0 unspecified atom stereocenters. The van der Waals surface area contributed by atoms with E-state index in [2.05, 4.69) is 10.3 Å². The van der Waals surface area contributed by atoms with Crippen LogP contribution in [0.5, 0.6) is 11.5 Å². The standard InChI is InChI=1S/C17H22N4O3/c1-17(2,3)21-9-13-15(20-16(21)22)19-14-11(10-23-8-7-18)5-4-6-12(14)24-13/h4-6,9H,7-8,10,18H2,1-3H3,(H,19,20,22). The highest BCUT2D eigenvalue weighted by atomic mass is 16.5. The smallest absolute Gasteiger partial charge is 0.350 e. The number of nitrogens with two attached hydrogens (primary N) is 1. The van der Waals surface area contributed by atoms with Crippen molar-refractivity contribution in [3.8, 4) is 11.5 Å². The predicted molar refractivity (Wildman–Crippen MR) is 92.0 cm³/mol. The van der Waals surface area contributed by atoms with E-state index in [9.17, 15) is 4.79 Å². The summed E-state index contributed by atoms with van der Waals surface area (Å²) in [6, 6.07) is 5.71. The highest BCUT2D eigenvalue weighted by molar-refractivity contribution is 5.75. The van der Waals surface area contributed by atoms with Gasteiger partial charge in [-0.2, -0.15) is 4.98 Å². The number of para-hydroxylation sites is 1. The predicted octanol–water partition coefficient (Wildman–Crippen LogP) is 2.32. The number of aromatic nitrogens is 2. The number of benzene rings is 1. The van der Waals surface area contributed by atoms with Crippen molar-refractivity contribution in [3.05, 3.63) is 40.4 Å². The van der Waals surface area contributed by atoms with Crippen LogP contribution >= 0.6 is 0 Å². The van der Waals surface area contributed by atoms with E-state index in [1.54, 1.807) is 10.8 Å². The number of hydrogen-bond donors (Lipinski definition) is 2. The molecule has 1 aliphatic heterocycles. The van der Waals surface area contributed by atoms with Gasteiger partial charge in [0.05, 0.1) is 25.1 Å². The summed E-state index contributed by atoms with van der Waals surface area (Å²) >= 11 is 0. The van der Waals surface area contributed by atoms with Crippen LogP contribution in [-0.4, -0.2) is 22.7 Å². The highest BCUT2D eigenvalue weighted by Crippen LogP contribution is 2.42. The third-order valence-corrected chi connectivity index (χ3v) is 3.71. The number of anilines is 2. The van der Waals surface area contributed by atoms with Crippen molar-refractivity contribution in [2.24, 2.45) is 5.73 Å². The minimum absolute atomic E-state index is 0.322. The van der Waals surface area contributed by atoms with E-state index in [1.165, 1.54) is 0 Å². The summed E-state index contributed by atoms with van der Waals surface area (Å²) in [4.78, 5) is 16.4. The molecule has 24 heavy (non-hydrogen) atoms. The van der Waals surface area contributed by atoms with Gasteiger partial charge >= 0.3 is 5.69 Å². The van der Waals surface area contributed by atoms with Gasteiger partial charge in [-0.1, -0.05) is 12.1 Å². The Labute approximate surface area is 140 Å². The maximum atomic E-state index is 12.3. The Morgan fingerprint density at radius 3 is 2.83 bits per heavy atom. The van der Waals surface area contributed by atoms with Gasteiger partial charge < -0.3 is 20.5 Å². The van der Waals surface area contributed by atoms with Gasteiger partial charge in [-0.3, -0.25) is 4.57 Å². The van der Waals surface area contributed by atoms with E-state index in [0.29, 0.717) is 37.1 Å². The summed E-state index contributed by atoms with van der Waals surface area (Å²) < 4.78 is 13.0. The molecule has 7 heteroatoms. The molecule has 0 radical (unpaired) electrons. The zero-order valence-corrected chi connectivity index (χ0v) is 14.1. The first-order chi connectivity index (χ1) is 11.4. The van der Waals surface area contributed by atoms with E-state index in [1.807, 2.05) is 39.0 Å². The number of nitrogens with one attached hydrogen (secondary N) is 1. The van der Waals surface area contributed by atoms with Crippen molar-refractivity contribution >= 4 is 11.5 Å². The lowest BCUT2D eigenvalue weighted by Gasteiger charge is -2.27. The van der Waals surface area contributed by atoms with E-state index in [4.69, 9.17) is 15.2 Å². The summed E-state index contributed by atoms with van der Waals surface area (Å²) in [6.07, 6.45) is 1.69. The average Bonchev–Trinajstić information content (AvgIpc) is 2.52. The maximum Gasteiger partial charge on any atom is 0.350 e. The van der Waals surface area contributed by atoms with Gasteiger partial charge in [0.2, 0.25) is 0 Å². The first-order valence-corrected chi connectivity index (χ1v) is 7.89. The Bertz CT molecular complexity index is 808. The molecule has 0 aliphatic carbocycles. The molecule has 0 saturated carbocycles. The van der Waals surface area contributed by atoms with Crippen molar-refractivity contribution in [3.63, 3.8) is 0 Å². The van der Waals surface area contributed by atoms with Crippen LogP contribution in [0.25, 0.3) is 0 Å². The monoisotopic (exact) mass is 330 g/mol. The molecule has 0 bridgehead atoms. The van der Waals surface area contributed by atoms with Crippen LogP contribution in [0, 0.1) is 0 Å². The molecular formula is C17H22N4O3. The lowest BCUT2D eigenvalue weighted by atomic mass is 10.1. The molecule has 3 N–H and O–H groups in total. The van der Waals surface area contributed by atoms with Gasteiger partial charge in [0.15, 0.2) is 17.3 Å².